The van der Waals surface area contributed by atoms with Crippen LogP contribution in [0.4, 0.5) is 4.79 Å². The number of imide groups is 1. The highest BCUT2D eigenvalue weighted by Gasteiger charge is 2.53. The van der Waals surface area contributed by atoms with Gasteiger partial charge >= 0.3 is 6.03 Å². The molecule has 3 aromatic rings. The number of nitrogens with zero attached hydrogens (tertiary/aromatic N) is 2. The topological polar surface area (TPSA) is 86.8 Å². The molecule has 0 bridgehead atoms. The number of hydrogen-bond acceptors (Lipinski definition) is 4. The fourth-order valence-electron chi connectivity index (χ4n) is 3.85. The van der Waals surface area contributed by atoms with Crippen molar-refractivity contribution >= 4 is 22.0 Å². The first-order valence-corrected chi connectivity index (χ1v) is 11.5. The van der Waals surface area contributed by atoms with Crippen LogP contribution in [0.15, 0.2) is 89.8 Å². The molecule has 0 spiro atoms. The zero-order valence-corrected chi connectivity index (χ0v) is 18.5. The third-order valence-electron chi connectivity index (χ3n) is 5.54. The Morgan fingerprint density at radius 2 is 1.41 bits per heavy atom. The van der Waals surface area contributed by atoms with Crippen molar-refractivity contribution in [1.29, 1.82) is 0 Å². The van der Waals surface area contributed by atoms with Gasteiger partial charge in [0, 0.05) is 14.1 Å². The summed E-state index contributed by atoms with van der Waals surface area (Å²) in [7, 11) is -0.736. The van der Waals surface area contributed by atoms with Crippen LogP contribution < -0.4 is 5.32 Å². The molecule has 0 aliphatic carbocycles. The minimum Gasteiger partial charge on any atom is -0.315 e. The predicted octanol–water partition coefficient (Wildman–Crippen LogP) is 2.93. The Balaban J connectivity index is 1.74. The highest BCUT2D eigenvalue weighted by molar-refractivity contribution is 7.89. The first-order chi connectivity index (χ1) is 15.3. The maximum atomic E-state index is 13.7. The van der Waals surface area contributed by atoms with Crippen LogP contribution >= 0.6 is 0 Å². The fourth-order valence-corrected chi connectivity index (χ4v) is 4.82. The van der Waals surface area contributed by atoms with E-state index in [0.717, 1.165) is 9.21 Å². The Labute approximate surface area is 187 Å². The van der Waals surface area contributed by atoms with Crippen LogP contribution in [0.3, 0.4) is 0 Å². The number of benzene rings is 3. The van der Waals surface area contributed by atoms with Gasteiger partial charge in [0.15, 0.2) is 5.54 Å². The van der Waals surface area contributed by atoms with Crippen molar-refractivity contribution in [3.8, 4) is 0 Å². The molecular weight excluding hydrogens is 426 g/mol. The quantitative estimate of drug-likeness (QED) is 0.586. The Morgan fingerprint density at radius 1 is 0.844 bits per heavy atom. The molecule has 0 unspecified atom stereocenters. The summed E-state index contributed by atoms with van der Waals surface area (Å²) in [5, 5.41) is 2.89. The van der Waals surface area contributed by atoms with Gasteiger partial charge in [-0.05, 0) is 28.8 Å². The van der Waals surface area contributed by atoms with Crippen LogP contribution in [0.5, 0.6) is 0 Å². The molecule has 3 aromatic carbocycles. The normalized spacial score (nSPS) is 15.8. The largest absolute Gasteiger partial charge is 0.325 e. The van der Waals surface area contributed by atoms with Gasteiger partial charge in [0.05, 0.1) is 11.4 Å². The predicted molar refractivity (Wildman–Crippen MR) is 120 cm³/mol. The van der Waals surface area contributed by atoms with Crippen molar-refractivity contribution in [2.75, 3.05) is 14.1 Å². The van der Waals surface area contributed by atoms with E-state index in [4.69, 9.17) is 0 Å². The van der Waals surface area contributed by atoms with Gasteiger partial charge in [-0.2, -0.15) is 0 Å². The lowest BCUT2D eigenvalue weighted by Gasteiger charge is -2.28. The van der Waals surface area contributed by atoms with E-state index >= 15 is 0 Å². The summed E-state index contributed by atoms with van der Waals surface area (Å²) in [6.45, 7) is -0.0527. The second-order valence-electron chi connectivity index (χ2n) is 7.74. The summed E-state index contributed by atoms with van der Waals surface area (Å²) in [5.74, 6) is -0.416. The molecule has 1 aliphatic rings. The zero-order valence-electron chi connectivity index (χ0n) is 17.7. The molecule has 1 saturated heterocycles. The molecule has 0 aromatic heterocycles. The molecule has 32 heavy (non-hydrogen) atoms. The first kappa shape index (κ1) is 21.7. The smallest absolute Gasteiger partial charge is 0.315 e. The third-order valence-corrected chi connectivity index (χ3v) is 7.35. The van der Waals surface area contributed by atoms with Crippen LogP contribution in [-0.4, -0.2) is 43.7 Å². The highest BCUT2D eigenvalue weighted by atomic mass is 32.2. The SMILES string of the molecule is CN(C)S(=O)(=O)c1cccc(CN2C(=O)NC(c3ccccc3)(c3ccccc3)C2=O)c1. The Hall–Kier alpha value is -3.49. The molecule has 0 atom stereocenters. The van der Waals surface area contributed by atoms with Gasteiger partial charge in [-0.3, -0.25) is 9.69 Å². The minimum absolute atomic E-state index is 0.0527. The lowest BCUT2D eigenvalue weighted by Crippen LogP contribution is -2.45. The lowest BCUT2D eigenvalue weighted by atomic mass is 9.82. The monoisotopic (exact) mass is 449 g/mol. The van der Waals surface area contributed by atoms with Gasteiger partial charge < -0.3 is 5.32 Å². The van der Waals surface area contributed by atoms with Crippen molar-refractivity contribution in [3.05, 3.63) is 102 Å². The van der Waals surface area contributed by atoms with Crippen molar-refractivity contribution < 1.29 is 18.0 Å². The molecule has 1 fully saturated rings. The summed E-state index contributed by atoms with van der Waals surface area (Å²) in [4.78, 5) is 28.0. The Kier molecular flexibility index (Phi) is 5.58. The Bertz CT molecular complexity index is 1220. The van der Waals surface area contributed by atoms with Gasteiger partial charge in [0.2, 0.25) is 10.0 Å². The maximum absolute atomic E-state index is 13.7. The molecule has 8 heteroatoms. The number of rotatable bonds is 6. The molecule has 7 nitrogen and oxygen atoms in total. The van der Waals surface area contributed by atoms with Crippen molar-refractivity contribution in [2.45, 2.75) is 17.0 Å². The fraction of sp³-hybridized carbons (Fsp3) is 0.167. The molecular formula is C24H23N3O4S. The van der Waals surface area contributed by atoms with Gasteiger partial charge in [-0.25, -0.2) is 17.5 Å². The van der Waals surface area contributed by atoms with Crippen LogP contribution in [0.1, 0.15) is 16.7 Å². The molecule has 0 saturated carbocycles. The third kappa shape index (κ3) is 3.57. The van der Waals surface area contributed by atoms with Gasteiger partial charge in [-0.15, -0.1) is 0 Å². The van der Waals surface area contributed by atoms with E-state index in [2.05, 4.69) is 5.32 Å². The highest BCUT2D eigenvalue weighted by Crippen LogP contribution is 2.36. The molecule has 164 valence electrons. The molecule has 1 N–H and O–H groups in total. The summed E-state index contributed by atoms with van der Waals surface area (Å²) < 4.78 is 26.1. The van der Waals surface area contributed by atoms with E-state index in [1.807, 2.05) is 36.4 Å². The zero-order chi connectivity index (χ0) is 22.9. The Morgan fingerprint density at radius 3 is 1.94 bits per heavy atom. The number of carbonyl (C=O) groups excluding carboxylic acids is 2. The molecule has 1 aliphatic heterocycles. The van der Waals surface area contributed by atoms with Crippen LogP contribution in [0.25, 0.3) is 0 Å². The number of carbonyl (C=O) groups is 2. The number of amides is 3. The molecule has 0 radical (unpaired) electrons. The van der Waals surface area contributed by atoms with E-state index in [1.54, 1.807) is 36.4 Å². The van der Waals surface area contributed by atoms with E-state index in [1.165, 1.54) is 26.2 Å². The van der Waals surface area contributed by atoms with Crippen molar-refractivity contribution in [2.24, 2.45) is 0 Å². The minimum atomic E-state index is -3.64. The van der Waals surface area contributed by atoms with E-state index in [0.29, 0.717) is 16.7 Å². The summed E-state index contributed by atoms with van der Waals surface area (Å²) in [6.07, 6.45) is 0. The summed E-state index contributed by atoms with van der Waals surface area (Å²) in [5.41, 5.74) is 0.479. The number of nitrogens with one attached hydrogen (secondary N) is 1. The maximum Gasteiger partial charge on any atom is 0.325 e. The number of urea groups is 1. The van der Waals surface area contributed by atoms with Crippen molar-refractivity contribution in [1.82, 2.24) is 14.5 Å². The van der Waals surface area contributed by atoms with E-state index < -0.39 is 27.5 Å². The molecule has 4 rings (SSSR count). The van der Waals surface area contributed by atoms with E-state index in [-0.39, 0.29) is 11.4 Å². The average Bonchev–Trinajstić information content (AvgIpc) is 3.06. The first-order valence-electron chi connectivity index (χ1n) is 10.0. The standard InChI is InChI=1S/C24H23N3O4S/c1-26(2)32(30,31)21-15-9-10-18(16-21)17-27-22(28)24(25-23(27)29,19-11-5-3-6-12-19)20-13-7-4-8-14-20/h3-16H,17H2,1-2H3,(H,25,29). The second-order valence-corrected chi connectivity index (χ2v) is 9.89. The van der Waals surface area contributed by atoms with E-state index in [9.17, 15) is 18.0 Å². The number of sulfonamides is 1. The molecule has 3 amide bonds. The van der Waals surface area contributed by atoms with Gasteiger partial charge in [0.1, 0.15) is 0 Å². The van der Waals surface area contributed by atoms with Gasteiger partial charge in [0.25, 0.3) is 5.91 Å². The molecule has 1 heterocycles. The second kappa shape index (κ2) is 8.22. The lowest BCUT2D eigenvalue weighted by molar-refractivity contribution is -0.130. The summed E-state index contributed by atoms with van der Waals surface area (Å²) in [6, 6.07) is 23.9. The number of hydrogen-bond donors (Lipinski definition) is 1. The van der Waals surface area contributed by atoms with Crippen LogP contribution in [0.2, 0.25) is 0 Å². The average molecular weight is 450 g/mol. The summed E-state index contributed by atoms with van der Waals surface area (Å²) >= 11 is 0. The van der Waals surface area contributed by atoms with Gasteiger partial charge in [-0.1, -0.05) is 72.8 Å². The van der Waals surface area contributed by atoms with Crippen LogP contribution in [-0.2, 0) is 26.9 Å². The van der Waals surface area contributed by atoms with Crippen LogP contribution in [0, 0.1) is 0 Å². The van der Waals surface area contributed by atoms with Crippen molar-refractivity contribution in [3.63, 3.8) is 0 Å².